The van der Waals surface area contributed by atoms with E-state index < -0.39 is 24.1 Å². The van der Waals surface area contributed by atoms with E-state index in [4.69, 9.17) is 40.5 Å². The first kappa shape index (κ1) is 40.0. The van der Waals surface area contributed by atoms with Crippen LogP contribution in [0.5, 0.6) is 0 Å². The van der Waals surface area contributed by atoms with Gasteiger partial charge in [0.2, 0.25) is 0 Å². The largest absolute Gasteiger partial charge is 0.550 e. The Hall–Kier alpha value is -1.38. The highest BCUT2D eigenvalue weighted by atomic mass is 16.4. The summed E-state index contributed by atoms with van der Waals surface area (Å²) in [5.74, 6) is -2.48. The Kier molecular flexibility index (Phi) is 32.1. The van der Waals surface area contributed by atoms with Gasteiger partial charge in [0, 0.05) is 5.97 Å². The van der Waals surface area contributed by atoms with Gasteiger partial charge in [-0.15, -0.1) is 0 Å². The molecule has 0 aromatic carbocycles. The van der Waals surface area contributed by atoms with Crippen molar-refractivity contribution in [1.29, 1.82) is 0 Å². The fourth-order valence-electron chi connectivity index (χ4n) is 0.824. The predicted octanol–water partition coefficient (Wildman–Crippen LogP) is -5.03. The van der Waals surface area contributed by atoms with Crippen LogP contribution in [-0.4, -0.2) is 146 Å². The molecule has 12 nitrogen and oxygen atoms in total. The minimum absolute atomic E-state index is 0.211. The average Bonchev–Trinajstić information content (AvgIpc) is 2.59. The molecule has 0 saturated carbocycles. The van der Waals surface area contributed by atoms with Gasteiger partial charge in [0.05, 0.1) is 80.8 Å². The van der Waals surface area contributed by atoms with Crippen molar-refractivity contribution in [3.05, 3.63) is 0 Å². The van der Waals surface area contributed by atoms with Crippen molar-refractivity contribution < 1.29 is 59.4 Å². The zero-order valence-corrected chi connectivity index (χ0v) is 20.3. The molecule has 0 saturated heterocycles. The molecular weight excluding hydrogens is 416 g/mol. The van der Waals surface area contributed by atoms with Gasteiger partial charge in [-0.25, -0.2) is 0 Å². The molecule has 0 radical (unpaired) electrons. The van der Waals surface area contributed by atoms with Crippen LogP contribution in [0.2, 0.25) is 0 Å². The quantitative estimate of drug-likeness (QED) is 0.190. The second-order valence-electron chi connectivity index (χ2n) is 8.23. The van der Waals surface area contributed by atoms with E-state index in [-0.39, 0.29) is 32.8 Å². The Bertz CT molecular complexity index is 372. The van der Waals surface area contributed by atoms with E-state index in [0.717, 1.165) is 29.0 Å². The Balaban J connectivity index is -0.0000000920. The van der Waals surface area contributed by atoms with Crippen LogP contribution in [0.1, 0.15) is 20.3 Å². The summed E-state index contributed by atoms with van der Waals surface area (Å²) in [6.45, 7) is 4.04. The van der Waals surface area contributed by atoms with Gasteiger partial charge < -0.3 is 59.4 Å². The van der Waals surface area contributed by atoms with Crippen LogP contribution in [0.15, 0.2) is 0 Å². The summed E-state index contributed by atoms with van der Waals surface area (Å²) < 4.78 is 1.69. The Labute approximate surface area is 186 Å². The molecule has 192 valence electrons. The van der Waals surface area contributed by atoms with Crippen molar-refractivity contribution in [1.82, 2.24) is 0 Å². The zero-order chi connectivity index (χ0) is 26.3. The minimum atomic E-state index is -1.40. The average molecular weight is 463 g/mol. The second kappa shape index (κ2) is 24.9. The molecule has 0 fully saturated rings. The van der Waals surface area contributed by atoms with E-state index in [0.29, 0.717) is 0 Å². The summed E-state index contributed by atoms with van der Waals surface area (Å²) in [5, 5.41) is 67.5. The van der Waals surface area contributed by atoms with E-state index in [1.807, 2.05) is 0 Å². The van der Waals surface area contributed by atoms with E-state index in [2.05, 4.69) is 42.3 Å². The lowest BCUT2D eigenvalue weighted by Gasteiger charge is -2.21. The zero-order valence-electron chi connectivity index (χ0n) is 20.3. The molecule has 0 heterocycles. The third-order valence-corrected chi connectivity index (χ3v) is 2.62. The smallest absolute Gasteiger partial charge is 0.101 e. The Morgan fingerprint density at radius 3 is 1.03 bits per heavy atom. The molecule has 0 aliphatic heterocycles. The molecule has 0 spiro atoms. The van der Waals surface area contributed by atoms with Gasteiger partial charge in [0.15, 0.2) is 0 Å². The standard InChI is InChI=1S/2C5H14NO.C4H8O3.C3H8O3.C2H4O2/c2*1-6(2,3)4-5-7;1-2-3(5)4(6)7;4-1-3(6)2-5;1-2(3)4/h2*7H,4-5H2,1-3H3;3,5H,2H2,1H3,(H,6,7);3-6H,1-2H2;1H3,(H,3,4)/q2*+1;;;/p-2. The van der Waals surface area contributed by atoms with E-state index >= 15 is 0 Å². The number of rotatable bonds is 8. The Morgan fingerprint density at radius 2 is 1.03 bits per heavy atom. The number of hydrogen-bond donors (Lipinski definition) is 6. The number of aliphatic hydroxyl groups excluding tert-OH is 6. The summed E-state index contributed by atoms with van der Waals surface area (Å²) in [4.78, 5) is 18.5. The van der Waals surface area contributed by atoms with Crippen LogP contribution >= 0.6 is 0 Å². The number of aliphatic carboxylic acids is 2. The van der Waals surface area contributed by atoms with Crippen molar-refractivity contribution in [2.24, 2.45) is 0 Å². The number of carbonyl (C=O) groups is 2. The van der Waals surface area contributed by atoms with Crippen LogP contribution < -0.4 is 10.2 Å². The molecule has 0 aliphatic carbocycles. The highest BCUT2D eigenvalue weighted by Gasteiger charge is 2.02. The number of aliphatic hydroxyl groups is 6. The summed E-state index contributed by atoms with van der Waals surface area (Å²) in [6.07, 6.45) is -2.03. The second-order valence-corrected chi connectivity index (χ2v) is 8.23. The van der Waals surface area contributed by atoms with Crippen LogP contribution in [-0.2, 0) is 9.59 Å². The Morgan fingerprint density at radius 1 is 0.774 bits per heavy atom. The van der Waals surface area contributed by atoms with Gasteiger partial charge in [-0.05, 0) is 13.3 Å². The molecule has 1 atom stereocenters. The molecule has 31 heavy (non-hydrogen) atoms. The summed E-state index contributed by atoms with van der Waals surface area (Å²) in [7, 11) is 12.3. The van der Waals surface area contributed by atoms with E-state index in [1.54, 1.807) is 6.92 Å². The molecule has 6 N–H and O–H groups in total. The van der Waals surface area contributed by atoms with Gasteiger partial charge in [-0.3, -0.25) is 0 Å². The van der Waals surface area contributed by atoms with Crippen LogP contribution in [0.3, 0.4) is 0 Å². The third-order valence-electron chi connectivity index (χ3n) is 2.62. The van der Waals surface area contributed by atoms with Crippen LogP contribution in [0.25, 0.3) is 0 Å². The lowest BCUT2D eigenvalue weighted by atomic mass is 10.3. The number of carboxylic acids is 2. The maximum Gasteiger partial charge on any atom is 0.101 e. The summed E-state index contributed by atoms with van der Waals surface area (Å²) in [6, 6.07) is 0. The molecule has 0 bridgehead atoms. The van der Waals surface area contributed by atoms with Gasteiger partial charge in [-0.2, -0.15) is 0 Å². The first-order valence-corrected chi connectivity index (χ1v) is 9.63. The van der Waals surface area contributed by atoms with Crippen molar-refractivity contribution in [3.8, 4) is 0 Å². The topological polar surface area (TPSA) is 202 Å². The predicted molar refractivity (Wildman–Crippen MR) is 112 cm³/mol. The number of nitrogens with zero attached hydrogens (tertiary/aromatic N) is 2. The molecule has 0 rings (SSSR count). The maximum absolute atomic E-state index is 9.57. The molecule has 0 aromatic rings. The van der Waals surface area contributed by atoms with Gasteiger partial charge in [0.1, 0.15) is 19.2 Å². The first-order valence-electron chi connectivity index (χ1n) is 9.63. The minimum Gasteiger partial charge on any atom is -0.550 e. The van der Waals surface area contributed by atoms with Crippen molar-refractivity contribution in [2.45, 2.75) is 32.5 Å². The number of carbonyl (C=O) groups excluding carboxylic acids is 2. The van der Waals surface area contributed by atoms with Crippen LogP contribution in [0.4, 0.5) is 0 Å². The van der Waals surface area contributed by atoms with Crippen LogP contribution in [0, 0.1) is 0 Å². The van der Waals surface area contributed by atoms with E-state index in [1.165, 1.54) is 0 Å². The lowest BCUT2D eigenvalue weighted by molar-refractivity contribution is -0.870. The van der Waals surface area contributed by atoms with Crippen molar-refractivity contribution >= 4 is 11.9 Å². The number of quaternary nitrogens is 2. The van der Waals surface area contributed by atoms with Crippen molar-refractivity contribution in [3.63, 3.8) is 0 Å². The third kappa shape index (κ3) is 73.4. The van der Waals surface area contributed by atoms with Gasteiger partial charge in [0.25, 0.3) is 0 Å². The number of likely N-dealkylation sites (N-methyl/N-ethyl adjacent to an activating group) is 2. The SMILES string of the molecule is CC(=O)[O-].CCC(O)C(=O)[O-].C[N+](C)(C)CCO.C[N+](C)(C)CCO.OCC(O)CO. The molecule has 1 unspecified atom stereocenters. The molecule has 0 amide bonds. The highest BCUT2D eigenvalue weighted by molar-refractivity contribution is 5.69. The lowest BCUT2D eigenvalue weighted by Crippen LogP contribution is -2.36. The fourth-order valence-corrected chi connectivity index (χ4v) is 0.824. The maximum atomic E-state index is 9.57. The number of hydrogen-bond acceptors (Lipinski definition) is 10. The first-order chi connectivity index (χ1) is 13.8. The number of carboxylic acid groups (broad SMARTS) is 2. The molecule has 12 heteroatoms. The normalized spacial score (nSPS) is 11.2. The van der Waals surface area contributed by atoms with Crippen molar-refractivity contribution in [2.75, 3.05) is 81.8 Å². The monoisotopic (exact) mass is 462 g/mol. The summed E-state index contributed by atoms with van der Waals surface area (Å²) >= 11 is 0. The van der Waals surface area contributed by atoms with Gasteiger partial charge in [-0.1, -0.05) is 6.92 Å². The highest BCUT2D eigenvalue weighted by Crippen LogP contribution is 1.85. The molecule has 0 aromatic heterocycles. The molecule has 0 aliphatic rings. The van der Waals surface area contributed by atoms with E-state index in [9.17, 15) is 9.90 Å². The fraction of sp³-hybridized carbons (Fsp3) is 0.895. The summed E-state index contributed by atoms with van der Waals surface area (Å²) in [5.41, 5.74) is 0. The van der Waals surface area contributed by atoms with Gasteiger partial charge >= 0.3 is 0 Å². The molecular formula is C19H46N2O10.